The number of nitrogens with one attached hydrogen (secondary N) is 1. The summed E-state index contributed by atoms with van der Waals surface area (Å²) in [4.78, 5) is 11.9. The van der Waals surface area contributed by atoms with Gasteiger partial charge in [-0.3, -0.25) is 9.48 Å². The minimum Gasteiger partial charge on any atom is -0.349 e. The molecule has 1 atom stereocenters. The summed E-state index contributed by atoms with van der Waals surface area (Å²) < 4.78 is 15.4. The van der Waals surface area contributed by atoms with Crippen molar-refractivity contribution in [2.75, 3.05) is 0 Å². The molecule has 0 aliphatic carbocycles. The number of carbonyl (C=O) groups is 1. The van der Waals surface area contributed by atoms with Crippen LogP contribution in [0.2, 0.25) is 0 Å². The van der Waals surface area contributed by atoms with Crippen LogP contribution in [0.4, 0.5) is 4.39 Å². The summed E-state index contributed by atoms with van der Waals surface area (Å²) in [5, 5.41) is 7.15. The van der Waals surface area contributed by atoms with Crippen molar-refractivity contribution in [2.45, 2.75) is 25.4 Å². The van der Waals surface area contributed by atoms with Crippen LogP contribution in [0.1, 0.15) is 17.7 Å². The molecule has 2 heterocycles. The van der Waals surface area contributed by atoms with Gasteiger partial charge in [0.25, 0.3) is 0 Å². The molecule has 1 unspecified atom stereocenters. The van der Waals surface area contributed by atoms with Crippen LogP contribution < -0.4 is 5.32 Å². The van der Waals surface area contributed by atoms with Gasteiger partial charge in [-0.2, -0.15) is 5.10 Å². The Hall–Kier alpha value is -2.43. The molecule has 0 fully saturated rings. The van der Waals surface area contributed by atoms with Crippen molar-refractivity contribution >= 4 is 12.0 Å². The third kappa shape index (κ3) is 3.18. The summed E-state index contributed by atoms with van der Waals surface area (Å²) in [6, 6.07) is 8.44. The number of hydrogen-bond acceptors (Lipinski definition) is 2. The van der Waals surface area contributed by atoms with Gasteiger partial charge in [-0.1, -0.05) is 18.2 Å². The van der Waals surface area contributed by atoms with Crippen LogP contribution in [0, 0.1) is 5.82 Å². The Kier molecular flexibility index (Phi) is 3.81. The molecule has 4 nitrogen and oxygen atoms in total. The summed E-state index contributed by atoms with van der Waals surface area (Å²) in [5.41, 5.74) is 1.54. The Morgan fingerprint density at radius 2 is 2.24 bits per heavy atom. The zero-order valence-electron chi connectivity index (χ0n) is 11.5. The van der Waals surface area contributed by atoms with E-state index >= 15 is 0 Å². The van der Waals surface area contributed by atoms with Crippen LogP contribution in [0.3, 0.4) is 0 Å². The zero-order chi connectivity index (χ0) is 14.7. The maximum Gasteiger partial charge on any atom is 0.244 e. The molecular weight excluding hydrogens is 269 g/mol. The van der Waals surface area contributed by atoms with E-state index < -0.39 is 0 Å². The number of rotatable bonds is 3. The van der Waals surface area contributed by atoms with Crippen LogP contribution in [-0.4, -0.2) is 21.7 Å². The lowest BCUT2D eigenvalue weighted by atomic mass is 10.0. The fraction of sp³-hybridized carbons (Fsp3) is 0.250. The molecule has 1 aromatic carbocycles. The molecule has 3 rings (SSSR count). The quantitative estimate of drug-likeness (QED) is 0.879. The highest BCUT2D eigenvalue weighted by molar-refractivity contribution is 5.91. The second-order valence-electron chi connectivity index (χ2n) is 5.10. The van der Waals surface area contributed by atoms with Gasteiger partial charge in [0.2, 0.25) is 5.91 Å². The first kappa shape index (κ1) is 13.5. The maximum atomic E-state index is 13.4. The maximum absolute atomic E-state index is 13.4. The molecule has 1 N–H and O–H groups in total. The number of amides is 1. The van der Waals surface area contributed by atoms with Gasteiger partial charge in [0.05, 0.1) is 0 Å². The van der Waals surface area contributed by atoms with E-state index in [4.69, 9.17) is 0 Å². The molecule has 0 saturated carbocycles. The van der Waals surface area contributed by atoms with Crippen LogP contribution in [0.5, 0.6) is 0 Å². The Morgan fingerprint density at radius 3 is 3.10 bits per heavy atom. The summed E-state index contributed by atoms with van der Waals surface area (Å²) in [5.74, 6) is -0.528. The second-order valence-corrected chi connectivity index (χ2v) is 5.10. The van der Waals surface area contributed by atoms with Gasteiger partial charge in [0, 0.05) is 42.5 Å². The van der Waals surface area contributed by atoms with Gasteiger partial charge in [-0.05, 0) is 24.6 Å². The fourth-order valence-electron chi connectivity index (χ4n) is 2.52. The van der Waals surface area contributed by atoms with Gasteiger partial charge in [-0.15, -0.1) is 0 Å². The van der Waals surface area contributed by atoms with Crippen LogP contribution in [0.25, 0.3) is 6.08 Å². The molecular formula is C16H16FN3O. The summed E-state index contributed by atoms with van der Waals surface area (Å²) in [6.07, 6.45) is 6.28. The van der Waals surface area contributed by atoms with E-state index in [1.165, 1.54) is 18.2 Å². The molecule has 1 aliphatic rings. The first-order chi connectivity index (χ1) is 10.2. The van der Waals surface area contributed by atoms with Crippen molar-refractivity contribution in [1.82, 2.24) is 15.1 Å². The van der Waals surface area contributed by atoms with Crippen molar-refractivity contribution in [3.05, 3.63) is 59.7 Å². The molecule has 1 aromatic heterocycles. The first-order valence-electron chi connectivity index (χ1n) is 6.96. The lowest BCUT2D eigenvalue weighted by Crippen LogP contribution is -2.39. The fourth-order valence-corrected chi connectivity index (χ4v) is 2.52. The molecule has 21 heavy (non-hydrogen) atoms. The molecule has 2 aromatic rings. The van der Waals surface area contributed by atoms with Gasteiger partial charge in [0.15, 0.2) is 0 Å². The highest BCUT2D eigenvalue weighted by Crippen LogP contribution is 2.14. The van der Waals surface area contributed by atoms with Crippen LogP contribution in [-0.2, 0) is 17.8 Å². The van der Waals surface area contributed by atoms with E-state index in [1.807, 2.05) is 10.7 Å². The molecule has 0 spiro atoms. The second kappa shape index (κ2) is 5.91. The van der Waals surface area contributed by atoms with E-state index in [0.717, 1.165) is 25.1 Å². The third-order valence-electron chi connectivity index (χ3n) is 3.62. The Bertz CT molecular complexity index is 678. The standard InChI is InChI=1S/C16H16FN3O/c17-15-4-2-1-3-12(15)5-6-16(21)19-13-8-10-20-14(11-13)7-9-18-20/h1-7,9,13H,8,10-11H2,(H,19,21)/b6-5+. The van der Waals surface area contributed by atoms with Gasteiger partial charge in [0.1, 0.15) is 5.82 Å². The topological polar surface area (TPSA) is 46.9 Å². The number of aryl methyl sites for hydroxylation is 1. The first-order valence-corrected chi connectivity index (χ1v) is 6.96. The van der Waals surface area contributed by atoms with Crippen LogP contribution >= 0.6 is 0 Å². The number of nitrogens with zero attached hydrogens (tertiary/aromatic N) is 2. The van der Waals surface area contributed by atoms with Crippen molar-refractivity contribution in [3.63, 3.8) is 0 Å². The number of aromatic nitrogens is 2. The minimum atomic E-state index is -0.330. The lowest BCUT2D eigenvalue weighted by molar-refractivity contribution is -0.117. The average molecular weight is 285 g/mol. The van der Waals surface area contributed by atoms with Crippen molar-refractivity contribution < 1.29 is 9.18 Å². The van der Waals surface area contributed by atoms with E-state index in [1.54, 1.807) is 24.4 Å². The minimum absolute atomic E-state index is 0.104. The average Bonchev–Trinajstić information content (AvgIpc) is 2.94. The van der Waals surface area contributed by atoms with E-state index in [9.17, 15) is 9.18 Å². The van der Waals surface area contributed by atoms with E-state index in [2.05, 4.69) is 10.4 Å². The number of hydrogen-bond donors (Lipinski definition) is 1. The zero-order valence-corrected chi connectivity index (χ0v) is 11.5. The number of carbonyl (C=O) groups excluding carboxylic acids is 1. The van der Waals surface area contributed by atoms with E-state index in [0.29, 0.717) is 5.56 Å². The molecule has 5 heteroatoms. The molecule has 108 valence electrons. The van der Waals surface area contributed by atoms with Crippen molar-refractivity contribution in [1.29, 1.82) is 0 Å². The highest BCUT2D eigenvalue weighted by atomic mass is 19.1. The van der Waals surface area contributed by atoms with Crippen LogP contribution in [0.15, 0.2) is 42.6 Å². The Balaban J connectivity index is 1.59. The summed E-state index contributed by atoms with van der Waals surface area (Å²) in [7, 11) is 0. The molecule has 0 bridgehead atoms. The van der Waals surface area contributed by atoms with Gasteiger partial charge in [-0.25, -0.2) is 4.39 Å². The highest BCUT2D eigenvalue weighted by Gasteiger charge is 2.19. The molecule has 0 saturated heterocycles. The predicted octanol–water partition coefficient (Wildman–Crippen LogP) is 2.17. The van der Waals surface area contributed by atoms with Crippen molar-refractivity contribution in [3.8, 4) is 0 Å². The third-order valence-corrected chi connectivity index (χ3v) is 3.62. The summed E-state index contributed by atoms with van der Waals surface area (Å²) >= 11 is 0. The smallest absolute Gasteiger partial charge is 0.244 e. The molecule has 1 amide bonds. The monoisotopic (exact) mass is 285 g/mol. The number of benzene rings is 1. The molecule has 0 radical (unpaired) electrons. The SMILES string of the molecule is O=C(/C=C/c1ccccc1F)NC1CCn2nccc2C1. The predicted molar refractivity (Wildman–Crippen MR) is 77.9 cm³/mol. The number of halogens is 1. The van der Waals surface area contributed by atoms with E-state index in [-0.39, 0.29) is 17.8 Å². The number of fused-ring (bicyclic) bond motifs is 1. The molecule has 1 aliphatic heterocycles. The normalized spacial score (nSPS) is 17.7. The van der Waals surface area contributed by atoms with Gasteiger partial charge < -0.3 is 5.32 Å². The van der Waals surface area contributed by atoms with Crippen molar-refractivity contribution in [2.24, 2.45) is 0 Å². The largest absolute Gasteiger partial charge is 0.349 e. The summed E-state index contributed by atoms with van der Waals surface area (Å²) in [6.45, 7) is 0.810. The lowest BCUT2D eigenvalue weighted by Gasteiger charge is -2.23. The van der Waals surface area contributed by atoms with Gasteiger partial charge >= 0.3 is 0 Å². The Labute approximate surface area is 122 Å². The Morgan fingerprint density at radius 1 is 1.38 bits per heavy atom.